The molecule has 3 heteroatoms. The lowest BCUT2D eigenvalue weighted by Crippen LogP contribution is -2.43. The average molecular weight is 241 g/mol. The van der Waals surface area contributed by atoms with Crippen LogP contribution in [0.4, 0.5) is 4.39 Å². The van der Waals surface area contributed by atoms with E-state index in [1.807, 2.05) is 4.90 Å². The third kappa shape index (κ3) is 2.99. The number of amides is 1. The van der Waals surface area contributed by atoms with Gasteiger partial charge in [-0.25, -0.2) is 4.39 Å². The number of nitrogens with zero attached hydrogens (tertiary/aromatic N) is 1. The zero-order valence-electron chi connectivity index (χ0n) is 10.8. The van der Waals surface area contributed by atoms with E-state index in [2.05, 4.69) is 6.92 Å². The highest BCUT2D eigenvalue weighted by atomic mass is 19.1. The van der Waals surface area contributed by atoms with Gasteiger partial charge in [-0.1, -0.05) is 13.3 Å². The van der Waals surface area contributed by atoms with E-state index in [1.54, 1.807) is 0 Å². The molecule has 3 unspecified atom stereocenters. The first kappa shape index (κ1) is 12.8. The minimum absolute atomic E-state index is 0.102. The zero-order chi connectivity index (χ0) is 12.3. The highest BCUT2D eigenvalue weighted by molar-refractivity contribution is 5.79. The van der Waals surface area contributed by atoms with E-state index in [-0.39, 0.29) is 11.8 Å². The number of hydrogen-bond donors (Lipinski definition) is 0. The molecule has 1 saturated carbocycles. The molecule has 2 rings (SSSR count). The first-order chi connectivity index (χ1) is 8.22. The van der Waals surface area contributed by atoms with E-state index >= 15 is 0 Å². The van der Waals surface area contributed by atoms with Crippen molar-refractivity contribution in [3.8, 4) is 0 Å². The Bertz CT molecular complexity index is 263. The van der Waals surface area contributed by atoms with Crippen LogP contribution in [0.3, 0.4) is 0 Å². The predicted molar refractivity (Wildman–Crippen MR) is 66.4 cm³/mol. The summed E-state index contributed by atoms with van der Waals surface area (Å²) in [5, 5.41) is 0. The number of carbonyl (C=O) groups excluding carboxylic acids is 1. The van der Waals surface area contributed by atoms with Gasteiger partial charge >= 0.3 is 0 Å². The van der Waals surface area contributed by atoms with Crippen molar-refractivity contribution in [2.45, 2.75) is 58.0 Å². The molecule has 0 aromatic carbocycles. The molecule has 0 radical (unpaired) electrons. The second-order valence-electron chi connectivity index (χ2n) is 5.57. The topological polar surface area (TPSA) is 20.3 Å². The summed E-state index contributed by atoms with van der Waals surface area (Å²) < 4.78 is 13.4. The molecule has 1 heterocycles. The van der Waals surface area contributed by atoms with Crippen LogP contribution in [0.25, 0.3) is 0 Å². The molecule has 0 aromatic rings. The number of piperidine rings is 1. The van der Waals surface area contributed by atoms with Crippen molar-refractivity contribution in [1.82, 2.24) is 4.90 Å². The van der Waals surface area contributed by atoms with Crippen LogP contribution in [0, 0.1) is 11.8 Å². The van der Waals surface area contributed by atoms with Gasteiger partial charge in [0, 0.05) is 19.0 Å². The van der Waals surface area contributed by atoms with Crippen LogP contribution in [0.2, 0.25) is 0 Å². The fourth-order valence-electron chi connectivity index (χ4n) is 3.33. The highest BCUT2D eigenvalue weighted by Crippen LogP contribution is 2.35. The normalized spacial score (nSPS) is 34.7. The van der Waals surface area contributed by atoms with Crippen LogP contribution in [-0.2, 0) is 4.79 Å². The van der Waals surface area contributed by atoms with Crippen LogP contribution in [0.5, 0.6) is 0 Å². The average Bonchev–Trinajstić information content (AvgIpc) is 2.39. The van der Waals surface area contributed by atoms with Crippen molar-refractivity contribution < 1.29 is 9.18 Å². The molecule has 17 heavy (non-hydrogen) atoms. The Morgan fingerprint density at radius 1 is 1.24 bits per heavy atom. The van der Waals surface area contributed by atoms with Crippen LogP contribution >= 0.6 is 0 Å². The van der Waals surface area contributed by atoms with E-state index in [0.717, 1.165) is 38.8 Å². The lowest BCUT2D eigenvalue weighted by atomic mass is 9.76. The smallest absolute Gasteiger partial charge is 0.225 e. The summed E-state index contributed by atoms with van der Waals surface area (Å²) in [6, 6.07) is 0. The lowest BCUT2D eigenvalue weighted by molar-refractivity contribution is -0.140. The number of halogens is 1. The molecule has 1 aliphatic heterocycles. The first-order valence-electron chi connectivity index (χ1n) is 7.15. The molecule has 1 amide bonds. The van der Waals surface area contributed by atoms with Crippen molar-refractivity contribution >= 4 is 5.91 Å². The molecule has 0 aromatic heterocycles. The predicted octanol–water partition coefficient (Wildman–Crippen LogP) is 3.16. The van der Waals surface area contributed by atoms with Crippen molar-refractivity contribution in [1.29, 1.82) is 0 Å². The fourth-order valence-corrected chi connectivity index (χ4v) is 3.33. The van der Waals surface area contributed by atoms with Crippen LogP contribution in [-0.4, -0.2) is 30.1 Å². The summed E-state index contributed by atoms with van der Waals surface area (Å²) in [5.74, 6) is 0.682. The maximum atomic E-state index is 13.4. The molecule has 98 valence electrons. The van der Waals surface area contributed by atoms with E-state index in [1.165, 1.54) is 6.42 Å². The van der Waals surface area contributed by atoms with Gasteiger partial charge in [0.05, 0.1) is 0 Å². The summed E-state index contributed by atoms with van der Waals surface area (Å²) in [6.07, 6.45) is 5.73. The largest absolute Gasteiger partial charge is 0.342 e. The minimum atomic E-state index is -0.676. The van der Waals surface area contributed by atoms with Crippen molar-refractivity contribution in [2.24, 2.45) is 11.8 Å². The Morgan fingerprint density at radius 2 is 1.94 bits per heavy atom. The van der Waals surface area contributed by atoms with E-state index in [9.17, 15) is 9.18 Å². The summed E-state index contributed by atoms with van der Waals surface area (Å²) in [5.41, 5.74) is 0. The maximum absolute atomic E-state index is 13.4. The van der Waals surface area contributed by atoms with Crippen LogP contribution in [0.1, 0.15) is 51.9 Å². The third-order valence-corrected chi connectivity index (χ3v) is 4.43. The van der Waals surface area contributed by atoms with Gasteiger partial charge in [-0.2, -0.15) is 0 Å². The molecular formula is C14H24FNO. The summed E-state index contributed by atoms with van der Waals surface area (Å²) in [6.45, 7) is 3.93. The van der Waals surface area contributed by atoms with Crippen LogP contribution in [0.15, 0.2) is 0 Å². The summed E-state index contributed by atoms with van der Waals surface area (Å²) in [7, 11) is 0. The van der Waals surface area contributed by atoms with Gasteiger partial charge in [0.2, 0.25) is 5.91 Å². The minimum Gasteiger partial charge on any atom is -0.342 e. The highest BCUT2D eigenvalue weighted by Gasteiger charge is 2.36. The lowest BCUT2D eigenvalue weighted by Gasteiger charge is -2.37. The van der Waals surface area contributed by atoms with Crippen LogP contribution < -0.4 is 0 Å². The van der Waals surface area contributed by atoms with E-state index in [4.69, 9.17) is 0 Å². The molecule has 2 nitrogen and oxygen atoms in total. The number of carbonyl (C=O) groups is 1. The number of alkyl halides is 1. The van der Waals surface area contributed by atoms with Crippen molar-refractivity contribution in [2.75, 3.05) is 13.1 Å². The van der Waals surface area contributed by atoms with Gasteiger partial charge in [-0.3, -0.25) is 4.79 Å². The molecular weight excluding hydrogens is 217 g/mol. The Kier molecular flexibility index (Phi) is 4.41. The fraction of sp³-hybridized carbons (Fsp3) is 0.929. The number of hydrogen-bond acceptors (Lipinski definition) is 1. The van der Waals surface area contributed by atoms with Gasteiger partial charge in [0.1, 0.15) is 6.17 Å². The Labute approximate surface area is 104 Å². The van der Waals surface area contributed by atoms with Gasteiger partial charge in [-0.15, -0.1) is 0 Å². The Balaban J connectivity index is 1.96. The molecule has 0 N–H and O–H groups in total. The molecule has 2 aliphatic rings. The SMILES string of the molecule is CCC1CC(F)CCC1C(=O)N1CCCCC1. The second kappa shape index (κ2) is 5.83. The second-order valence-corrected chi connectivity index (χ2v) is 5.57. The van der Waals surface area contributed by atoms with Gasteiger partial charge in [-0.05, 0) is 44.4 Å². The zero-order valence-corrected chi connectivity index (χ0v) is 10.8. The molecule has 0 spiro atoms. The van der Waals surface area contributed by atoms with E-state index in [0.29, 0.717) is 18.7 Å². The molecule has 1 aliphatic carbocycles. The number of rotatable bonds is 2. The standard InChI is InChI=1S/C14H24FNO/c1-2-11-10-12(15)6-7-13(11)14(17)16-8-4-3-5-9-16/h11-13H,2-10H2,1H3. The molecule has 2 fully saturated rings. The number of likely N-dealkylation sites (tertiary alicyclic amines) is 1. The van der Waals surface area contributed by atoms with Crippen molar-refractivity contribution in [3.05, 3.63) is 0 Å². The van der Waals surface area contributed by atoms with Crippen molar-refractivity contribution in [3.63, 3.8) is 0 Å². The van der Waals surface area contributed by atoms with Gasteiger partial charge in [0.25, 0.3) is 0 Å². The van der Waals surface area contributed by atoms with Gasteiger partial charge in [0.15, 0.2) is 0 Å². The maximum Gasteiger partial charge on any atom is 0.225 e. The Hall–Kier alpha value is -0.600. The Morgan fingerprint density at radius 3 is 2.59 bits per heavy atom. The molecule has 0 bridgehead atoms. The molecule has 1 saturated heterocycles. The first-order valence-corrected chi connectivity index (χ1v) is 7.15. The summed E-state index contributed by atoms with van der Waals surface area (Å²) >= 11 is 0. The van der Waals surface area contributed by atoms with Gasteiger partial charge < -0.3 is 4.90 Å². The monoisotopic (exact) mass is 241 g/mol. The quantitative estimate of drug-likeness (QED) is 0.727. The summed E-state index contributed by atoms with van der Waals surface area (Å²) in [4.78, 5) is 14.5. The molecule has 3 atom stereocenters. The van der Waals surface area contributed by atoms with E-state index < -0.39 is 6.17 Å². The third-order valence-electron chi connectivity index (χ3n) is 4.43.